The molecule has 0 aromatic carbocycles. The molecule has 1 aromatic heterocycles. The third kappa shape index (κ3) is 2.34. The van der Waals surface area contributed by atoms with Gasteiger partial charge in [-0.3, -0.25) is 4.90 Å². The summed E-state index contributed by atoms with van der Waals surface area (Å²) in [6.07, 6.45) is 8.78. The first-order valence-electron chi connectivity index (χ1n) is 7.79. The zero-order valence-corrected chi connectivity index (χ0v) is 12.4. The van der Waals surface area contributed by atoms with Crippen molar-refractivity contribution in [3.8, 4) is 0 Å². The van der Waals surface area contributed by atoms with Gasteiger partial charge in [0, 0.05) is 25.0 Å². The minimum atomic E-state index is 0.656. The van der Waals surface area contributed by atoms with Crippen LogP contribution in [0.3, 0.4) is 0 Å². The SMILES string of the molecule is Cc1cn(C)c2c1C(N1CCCC1)CC(CCN)C2. The molecular weight excluding hydrogens is 234 g/mol. The molecule has 0 amide bonds. The second-order valence-electron chi connectivity index (χ2n) is 6.43. The van der Waals surface area contributed by atoms with Gasteiger partial charge in [-0.1, -0.05) is 0 Å². The second-order valence-corrected chi connectivity index (χ2v) is 6.43. The molecule has 106 valence electrons. The molecule has 0 bridgehead atoms. The zero-order chi connectivity index (χ0) is 13.4. The summed E-state index contributed by atoms with van der Waals surface area (Å²) in [7, 11) is 2.21. The average molecular weight is 261 g/mol. The Balaban J connectivity index is 1.93. The number of fused-ring (bicyclic) bond motifs is 1. The summed E-state index contributed by atoms with van der Waals surface area (Å²) in [5.74, 6) is 0.774. The number of nitrogens with zero attached hydrogens (tertiary/aromatic N) is 2. The number of hydrogen-bond donors (Lipinski definition) is 1. The lowest BCUT2D eigenvalue weighted by Crippen LogP contribution is -2.33. The third-order valence-corrected chi connectivity index (χ3v) is 5.08. The van der Waals surface area contributed by atoms with E-state index in [2.05, 4.69) is 29.6 Å². The van der Waals surface area contributed by atoms with Gasteiger partial charge in [-0.25, -0.2) is 0 Å². The van der Waals surface area contributed by atoms with Crippen molar-refractivity contribution < 1.29 is 0 Å². The summed E-state index contributed by atoms with van der Waals surface area (Å²) < 4.78 is 2.36. The molecule has 0 saturated carbocycles. The average Bonchev–Trinajstić information content (AvgIpc) is 2.99. The smallest absolute Gasteiger partial charge is 0.0371 e. The highest BCUT2D eigenvalue weighted by Crippen LogP contribution is 2.41. The second kappa shape index (κ2) is 5.29. The van der Waals surface area contributed by atoms with Crippen molar-refractivity contribution in [1.29, 1.82) is 0 Å². The van der Waals surface area contributed by atoms with Crippen molar-refractivity contribution in [1.82, 2.24) is 9.47 Å². The maximum absolute atomic E-state index is 5.80. The Labute approximate surface area is 116 Å². The van der Waals surface area contributed by atoms with Gasteiger partial charge in [0.25, 0.3) is 0 Å². The summed E-state index contributed by atoms with van der Waals surface area (Å²) in [6.45, 7) is 5.68. The molecule has 2 unspecified atom stereocenters. The van der Waals surface area contributed by atoms with Gasteiger partial charge in [-0.05, 0) is 75.7 Å². The minimum absolute atomic E-state index is 0.656. The third-order valence-electron chi connectivity index (χ3n) is 5.08. The summed E-state index contributed by atoms with van der Waals surface area (Å²) in [4.78, 5) is 2.72. The quantitative estimate of drug-likeness (QED) is 0.906. The number of aromatic nitrogens is 1. The van der Waals surface area contributed by atoms with Crippen molar-refractivity contribution in [2.45, 2.75) is 45.1 Å². The Bertz CT molecular complexity index is 443. The van der Waals surface area contributed by atoms with Crippen LogP contribution in [-0.4, -0.2) is 29.1 Å². The molecule has 2 aliphatic rings. The van der Waals surface area contributed by atoms with Crippen molar-refractivity contribution in [3.05, 3.63) is 23.0 Å². The van der Waals surface area contributed by atoms with Crippen molar-refractivity contribution in [2.24, 2.45) is 18.7 Å². The topological polar surface area (TPSA) is 34.2 Å². The first kappa shape index (κ1) is 13.2. The number of nitrogens with two attached hydrogens (primary N) is 1. The Hall–Kier alpha value is -0.800. The molecule has 1 saturated heterocycles. The van der Waals surface area contributed by atoms with Crippen LogP contribution in [0.2, 0.25) is 0 Å². The first-order valence-corrected chi connectivity index (χ1v) is 7.79. The molecule has 1 aliphatic carbocycles. The van der Waals surface area contributed by atoms with E-state index in [1.54, 1.807) is 11.3 Å². The fourth-order valence-corrected chi connectivity index (χ4v) is 4.20. The fraction of sp³-hybridized carbons (Fsp3) is 0.750. The van der Waals surface area contributed by atoms with Gasteiger partial charge in [0.05, 0.1) is 0 Å². The lowest BCUT2D eigenvalue weighted by Gasteiger charge is -2.36. The molecule has 2 heterocycles. The maximum atomic E-state index is 5.80. The van der Waals surface area contributed by atoms with E-state index in [-0.39, 0.29) is 0 Å². The Morgan fingerprint density at radius 2 is 2.05 bits per heavy atom. The van der Waals surface area contributed by atoms with Gasteiger partial charge in [0.1, 0.15) is 0 Å². The number of aryl methyl sites for hydroxylation is 2. The summed E-state index contributed by atoms with van der Waals surface area (Å²) in [5.41, 5.74) is 10.5. The van der Waals surface area contributed by atoms with Gasteiger partial charge in [0.2, 0.25) is 0 Å². The van der Waals surface area contributed by atoms with Crippen LogP contribution in [-0.2, 0) is 13.5 Å². The molecule has 1 aromatic rings. The van der Waals surface area contributed by atoms with Crippen molar-refractivity contribution in [2.75, 3.05) is 19.6 Å². The summed E-state index contributed by atoms with van der Waals surface area (Å²) in [5, 5.41) is 0. The fourth-order valence-electron chi connectivity index (χ4n) is 4.20. The highest BCUT2D eigenvalue weighted by atomic mass is 15.2. The highest BCUT2D eigenvalue weighted by molar-refractivity contribution is 5.37. The van der Waals surface area contributed by atoms with Gasteiger partial charge in [-0.2, -0.15) is 0 Å². The molecule has 3 nitrogen and oxygen atoms in total. The van der Waals surface area contributed by atoms with E-state index in [9.17, 15) is 0 Å². The van der Waals surface area contributed by atoms with Gasteiger partial charge < -0.3 is 10.3 Å². The predicted molar refractivity (Wildman–Crippen MR) is 79.2 cm³/mol. The van der Waals surface area contributed by atoms with Crippen molar-refractivity contribution in [3.63, 3.8) is 0 Å². The molecule has 2 N–H and O–H groups in total. The normalized spacial score (nSPS) is 27.7. The van der Waals surface area contributed by atoms with E-state index < -0.39 is 0 Å². The number of hydrogen-bond acceptors (Lipinski definition) is 2. The standard InChI is InChI=1S/C16H27N3/c1-12-11-18(2)14-9-13(5-6-17)10-15(16(12)14)19-7-3-4-8-19/h11,13,15H,3-10,17H2,1-2H3. The van der Waals surface area contributed by atoms with Crippen LogP contribution in [0.15, 0.2) is 6.20 Å². The first-order chi connectivity index (χ1) is 9.20. The molecule has 3 rings (SSSR count). The monoisotopic (exact) mass is 261 g/mol. The molecule has 19 heavy (non-hydrogen) atoms. The van der Waals surface area contributed by atoms with Crippen molar-refractivity contribution >= 4 is 0 Å². The molecule has 3 heteroatoms. The molecule has 2 atom stereocenters. The van der Waals surface area contributed by atoms with Gasteiger partial charge >= 0.3 is 0 Å². The Morgan fingerprint density at radius 1 is 1.32 bits per heavy atom. The van der Waals surface area contributed by atoms with Crippen LogP contribution in [0, 0.1) is 12.8 Å². The molecule has 0 radical (unpaired) electrons. The molecule has 1 aliphatic heterocycles. The Morgan fingerprint density at radius 3 is 2.74 bits per heavy atom. The number of likely N-dealkylation sites (tertiary alicyclic amines) is 1. The molecule has 0 spiro atoms. The van der Waals surface area contributed by atoms with E-state index in [1.807, 2.05) is 0 Å². The highest BCUT2D eigenvalue weighted by Gasteiger charge is 2.34. The largest absolute Gasteiger partial charge is 0.354 e. The van der Waals surface area contributed by atoms with E-state index in [4.69, 9.17) is 5.73 Å². The van der Waals surface area contributed by atoms with E-state index >= 15 is 0 Å². The lowest BCUT2D eigenvalue weighted by molar-refractivity contribution is 0.188. The lowest BCUT2D eigenvalue weighted by atomic mass is 9.80. The van der Waals surface area contributed by atoms with E-state index in [0.717, 1.165) is 12.5 Å². The van der Waals surface area contributed by atoms with Crippen LogP contribution in [0.1, 0.15) is 48.5 Å². The van der Waals surface area contributed by atoms with Crippen LogP contribution < -0.4 is 5.73 Å². The maximum Gasteiger partial charge on any atom is 0.0371 e. The van der Waals surface area contributed by atoms with Crippen LogP contribution >= 0.6 is 0 Å². The van der Waals surface area contributed by atoms with Gasteiger partial charge in [0.15, 0.2) is 0 Å². The van der Waals surface area contributed by atoms with Gasteiger partial charge in [-0.15, -0.1) is 0 Å². The summed E-state index contributed by atoms with van der Waals surface area (Å²) in [6, 6.07) is 0.656. The number of rotatable bonds is 3. The van der Waals surface area contributed by atoms with E-state index in [1.165, 1.54) is 50.8 Å². The van der Waals surface area contributed by atoms with Crippen LogP contribution in [0.25, 0.3) is 0 Å². The van der Waals surface area contributed by atoms with Crippen LogP contribution in [0.5, 0.6) is 0 Å². The zero-order valence-electron chi connectivity index (χ0n) is 12.4. The van der Waals surface area contributed by atoms with E-state index in [0.29, 0.717) is 6.04 Å². The molecule has 1 fully saturated rings. The Kier molecular flexibility index (Phi) is 3.68. The minimum Gasteiger partial charge on any atom is -0.354 e. The predicted octanol–water partition coefficient (Wildman–Crippen LogP) is 2.38. The van der Waals surface area contributed by atoms with Crippen LogP contribution in [0.4, 0.5) is 0 Å². The summed E-state index contributed by atoms with van der Waals surface area (Å²) >= 11 is 0. The molecular formula is C16H27N3.